The molecule has 4 aromatic carbocycles. The first-order valence-electron chi connectivity index (χ1n) is 20.9. The number of carbonyl (C=O) groups excluding carboxylic acids is 6. The molecule has 6 amide bonds. The van der Waals surface area contributed by atoms with Crippen LogP contribution in [-0.4, -0.2) is 87.7 Å². The predicted molar refractivity (Wildman–Crippen MR) is 232 cm³/mol. The number of ether oxygens (including phenoxy) is 1. The number of nitrogens with zero attached hydrogens (tertiary/aromatic N) is 2. The third-order valence-corrected chi connectivity index (χ3v) is 11.8. The highest BCUT2D eigenvalue weighted by atomic mass is 31.1. The lowest BCUT2D eigenvalue weighted by atomic mass is 9.98. The van der Waals surface area contributed by atoms with Crippen molar-refractivity contribution in [3.8, 4) is 0 Å². The molecule has 6 N–H and O–H groups in total. The number of alkyl halides is 2. The Morgan fingerprint density at radius 2 is 1.52 bits per heavy atom. The van der Waals surface area contributed by atoms with Gasteiger partial charge in [-0.15, -0.1) is 0 Å². The van der Waals surface area contributed by atoms with Crippen LogP contribution in [0.25, 0.3) is 10.9 Å². The largest absolute Gasteiger partial charge is 0.445 e. The van der Waals surface area contributed by atoms with E-state index in [0.717, 1.165) is 28.8 Å². The Bertz CT molecular complexity index is 2490. The van der Waals surface area contributed by atoms with Crippen molar-refractivity contribution in [3.05, 3.63) is 143 Å². The highest BCUT2D eigenvalue weighted by Crippen LogP contribution is 2.35. The van der Waals surface area contributed by atoms with Crippen LogP contribution in [0.4, 0.5) is 13.6 Å². The Kier molecular flexibility index (Phi) is 14.6. The summed E-state index contributed by atoms with van der Waals surface area (Å²) in [5.74, 6) is -3.47. The van der Waals surface area contributed by atoms with Gasteiger partial charge in [-0.2, -0.15) is 8.78 Å². The number of H-pyrrole nitrogens is 1. The Morgan fingerprint density at radius 3 is 2.17 bits per heavy atom. The van der Waals surface area contributed by atoms with Gasteiger partial charge in [0.2, 0.25) is 23.6 Å². The summed E-state index contributed by atoms with van der Waals surface area (Å²) in [4.78, 5) is 88.2. The Morgan fingerprint density at radius 1 is 0.862 bits per heavy atom. The lowest BCUT2D eigenvalue weighted by Crippen LogP contribution is -2.62. The molecular weight excluding hydrogens is 864 g/mol. The van der Waals surface area contributed by atoms with E-state index >= 15 is 0 Å². The maximum Gasteiger partial charge on any atom is 0.410 e. The van der Waals surface area contributed by atoms with E-state index in [2.05, 4.69) is 25.5 Å². The molecule has 0 unspecified atom stereocenters. The smallest absolute Gasteiger partial charge is 0.410 e. The van der Waals surface area contributed by atoms with Crippen molar-refractivity contribution in [1.82, 2.24) is 30.7 Å². The number of carbonyl (C=O) groups is 6. The first kappa shape index (κ1) is 46.0. The van der Waals surface area contributed by atoms with E-state index in [1.807, 2.05) is 66.7 Å². The second-order valence-electron chi connectivity index (χ2n) is 15.8. The molecule has 0 bridgehead atoms. The zero-order valence-corrected chi connectivity index (χ0v) is 35.8. The molecule has 1 aromatic heterocycles. The molecule has 4 atom stereocenters. The van der Waals surface area contributed by atoms with Gasteiger partial charge in [0.1, 0.15) is 30.4 Å². The lowest BCUT2D eigenvalue weighted by Gasteiger charge is -2.38. The number of primary amides is 1. The molecule has 0 radical (unpaired) electrons. The third-order valence-electron chi connectivity index (χ3n) is 11.5. The summed E-state index contributed by atoms with van der Waals surface area (Å²) in [6.07, 6.45) is -4.24. The van der Waals surface area contributed by atoms with Crippen LogP contribution in [0.2, 0.25) is 0 Å². The number of halogens is 2. The zero-order chi connectivity index (χ0) is 46.1. The minimum absolute atomic E-state index is 0.0591. The Balaban J connectivity index is 1.13. The van der Waals surface area contributed by atoms with Gasteiger partial charge >= 0.3 is 20.9 Å². The van der Waals surface area contributed by atoms with Gasteiger partial charge in [0.25, 0.3) is 5.91 Å². The van der Waals surface area contributed by atoms with Crippen LogP contribution in [0.1, 0.15) is 70.9 Å². The van der Waals surface area contributed by atoms with Crippen molar-refractivity contribution >= 4 is 55.2 Å². The van der Waals surface area contributed by atoms with E-state index in [1.54, 1.807) is 24.3 Å². The van der Waals surface area contributed by atoms with Crippen LogP contribution in [-0.2, 0) is 45.7 Å². The van der Waals surface area contributed by atoms with E-state index < -0.39 is 86.2 Å². The maximum atomic E-state index is 14.8. The van der Waals surface area contributed by atoms with E-state index in [0.29, 0.717) is 6.42 Å². The zero-order valence-electron chi connectivity index (χ0n) is 34.9. The molecule has 16 nitrogen and oxygen atoms in total. The summed E-state index contributed by atoms with van der Waals surface area (Å²) >= 11 is 0. The number of rotatable bonds is 16. The number of hydrogen-bond donors (Lipinski definition) is 5. The van der Waals surface area contributed by atoms with Crippen LogP contribution < -0.4 is 21.7 Å². The first-order valence-corrected chi connectivity index (χ1v) is 21.6. The van der Waals surface area contributed by atoms with Crippen molar-refractivity contribution in [2.24, 2.45) is 5.73 Å². The third kappa shape index (κ3) is 11.2. The number of aromatic nitrogens is 1. The molecule has 5 aromatic rings. The molecule has 65 heavy (non-hydrogen) atoms. The molecule has 3 heterocycles. The second kappa shape index (κ2) is 20.6. The molecule has 2 aliphatic heterocycles. The first-order chi connectivity index (χ1) is 31.3. The second-order valence-corrected chi connectivity index (χ2v) is 16.1. The van der Waals surface area contributed by atoms with Gasteiger partial charge in [0.15, 0.2) is 0 Å². The summed E-state index contributed by atoms with van der Waals surface area (Å²) in [6, 6.07) is 27.0. The quantitative estimate of drug-likeness (QED) is 0.0777. The average Bonchev–Trinajstić information content (AvgIpc) is 3.94. The maximum absolute atomic E-state index is 14.8. The van der Waals surface area contributed by atoms with Gasteiger partial charge in [-0.25, -0.2) is 13.9 Å². The SMILES string of the molecule is NC(=O)CC[C@H](NC(=O)[C@@H]1CC[C@@H]2CCN(C(=O)OCc3ccccc3)C[C@H](NC(=O)c3cc4cc(C(F)(F)OP=O)ccc4[nH]3)C(=O)N21)C(=O)NC(c1ccccc1)c1ccccc1. The Hall–Kier alpha value is -7.04. The number of nitrogens with one attached hydrogen (secondary N) is 4. The fourth-order valence-corrected chi connectivity index (χ4v) is 8.40. The van der Waals surface area contributed by atoms with E-state index in [-0.39, 0.29) is 62.0 Å². The number of amides is 6. The van der Waals surface area contributed by atoms with E-state index in [4.69, 9.17) is 10.5 Å². The van der Waals surface area contributed by atoms with Crippen molar-refractivity contribution in [2.75, 3.05) is 13.1 Å². The van der Waals surface area contributed by atoms with Crippen molar-refractivity contribution in [2.45, 2.75) is 75.0 Å². The van der Waals surface area contributed by atoms with Gasteiger partial charge in [-0.3, -0.25) is 24.0 Å². The molecule has 0 saturated carbocycles. The summed E-state index contributed by atoms with van der Waals surface area (Å²) in [6.45, 7) is -0.334. The molecule has 19 heteroatoms. The van der Waals surface area contributed by atoms with Crippen LogP contribution in [0, 0.1) is 0 Å². The molecule has 2 saturated heterocycles. The number of nitrogens with two attached hydrogens (primary N) is 1. The highest BCUT2D eigenvalue weighted by molar-refractivity contribution is 7.17. The molecule has 2 aliphatic rings. The molecule has 0 aliphatic carbocycles. The Labute approximate surface area is 373 Å². The highest BCUT2D eigenvalue weighted by Gasteiger charge is 2.46. The number of benzene rings is 4. The van der Waals surface area contributed by atoms with Crippen molar-refractivity contribution in [3.63, 3.8) is 0 Å². The minimum atomic E-state index is -3.89. The number of hydrogen-bond acceptors (Lipinski definition) is 9. The number of aromatic amines is 1. The number of fused-ring (bicyclic) bond motifs is 2. The average molecular weight is 910 g/mol. The van der Waals surface area contributed by atoms with Gasteiger partial charge in [-0.1, -0.05) is 91.0 Å². The standard InChI is InChI=1S/C46H46F2N7O9P/c47-46(48,64-65-62)32-16-18-34-31(24-32)25-36(50-34)42(58)52-37-26-54(45(61)63-27-28-10-4-1-5-11-28)23-22-33-17-20-38(55(33)44(37)60)43(59)51-35(19-21-39(49)56)41(57)53-40(29-12-6-2-7-13-29)30-14-8-3-9-15-30/h1-16,18,24-25,33,35,37-38,40,50H,17,19-23,26-27H2,(H2,49,56)(H,51,59)(H,52,58)(H,53,57)/t33-,35+,37+,38+/m1/s1. The lowest BCUT2D eigenvalue weighted by molar-refractivity contribution is -0.178. The summed E-state index contributed by atoms with van der Waals surface area (Å²) in [7, 11) is -1.23. The molecule has 7 rings (SSSR count). The topological polar surface area (TPSA) is 222 Å². The fourth-order valence-electron chi connectivity index (χ4n) is 8.20. The van der Waals surface area contributed by atoms with Crippen LogP contribution in [0.5, 0.6) is 0 Å². The van der Waals surface area contributed by atoms with Crippen LogP contribution >= 0.6 is 8.69 Å². The van der Waals surface area contributed by atoms with Crippen LogP contribution in [0.15, 0.2) is 115 Å². The minimum Gasteiger partial charge on any atom is -0.445 e. The van der Waals surface area contributed by atoms with Gasteiger partial charge in [-0.05, 0) is 66.6 Å². The molecule has 2 fully saturated rings. The predicted octanol–water partition coefficient (Wildman–Crippen LogP) is 5.60. The molecule has 338 valence electrons. The normalized spacial score (nSPS) is 18.1. The van der Waals surface area contributed by atoms with Crippen LogP contribution in [0.3, 0.4) is 0 Å². The summed E-state index contributed by atoms with van der Waals surface area (Å²) in [5, 5.41) is 8.66. The van der Waals surface area contributed by atoms with E-state index in [9.17, 15) is 42.1 Å². The van der Waals surface area contributed by atoms with E-state index in [1.165, 1.54) is 21.9 Å². The summed E-state index contributed by atoms with van der Waals surface area (Å²) in [5.41, 5.74) is 7.31. The van der Waals surface area contributed by atoms with Crippen molar-refractivity contribution < 1.29 is 51.4 Å². The molecule has 0 spiro atoms. The van der Waals surface area contributed by atoms with Gasteiger partial charge in [0, 0.05) is 29.9 Å². The van der Waals surface area contributed by atoms with Crippen molar-refractivity contribution in [1.29, 1.82) is 0 Å². The fraction of sp³-hybridized carbons (Fsp3) is 0.304. The van der Waals surface area contributed by atoms with Gasteiger partial charge < -0.3 is 41.2 Å². The monoisotopic (exact) mass is 909 g/mol. The molecular formula is C46H46F2N7O9P. The van der Waals surface area contributed by atoms with Gasteiger partial charge in [0.05, 0.1) is 18.2 Å². The summed E-state index contributed by atoms with van der Waals surface area (Å²) < 4.78 is 49.2.